The minimum atomic E-state index is -0.165. The van der Waals surface area contributed by atoms with E-state index in [1.165, 1.54) is 30.2 Å². The van der Waals surface area contributed by atoms with Gasteiger partial charge in [0.15, 0.2) is 5.82 Å². The molecule has 0 bridgehead atoms. The molecule has 7 nitrogen and oxygen atoms in total. The predicted octanol–water partition coefficient (Wildman–Crippen LogP) is 5.17. The van der Waals surface area contributed by atoms with E-state index >= 15 is 0 Å². The van der Waals surface area contributed by atoms with E-state index in [0.29, 0.717) is 28.4 Å². The molecule has 8 heteroatoms. The smallest absolute Gasteiger partial charge is 0.235 e. The molecule has 0 atom stereocenters. The Kier molecular flexibility index (Phi) is 6.66. The summed E-state index contributed by atoms with van der Waals surface area (Å²) in [6, 6.07) is 10.8. The van der Waals surface area contributed by atoms with Gasteiger partial charge in [0.1, 0.15) is 11.9 Å². The standard InChI is InChI=1S/C24H28N6OS/c1-4-17-9-11-18(12-10-17)22-27-24(29-28-22)32-14-21(31)26-23-20(13-25)15(2)16(3)30(23)19-7-5-6-8-19/h9-12,19H,4-8,14H2,1-3H3,(H,26,31)(H,27,28,29). The summed E-state index contributed by atoms with van der Waals surface area (Å²) >= 11 is 1.28. The van der Waals surface area contributed by atoms with Crippen molar-refractivity contribution in [2.24, 2.45) is 0 Å². The van der Waals surface area contributed by atoms with Gasteiger partial charge in [0.05, 0.1) is 11.3 Å². The maximum atomic E-state index is 12.8. The molecule has 1 aromatic carbocycles. The number of hydrogen-bond acceptors (Lipinski definition) is 5. The van der Waals surface area contributed by atoms with Crippen molar-refractivity contribution in [1.29, 1.82) is 5.26 Å². The molecule has 1 aliphatic rings. The van der Waals surface area contributed by atoms with Crippen molar-refractivity contribution in [3.63, 3.8) is 0 Å². The first-order valence-corrected chi connectivity index (χ1v) is 12.1. The highest BCUT2D eigenvalue weighted by atomic mass is 32.2. The van der Waals surface area contributed by atoms with Crippen molar-refractivity contribution in [1.82, 2.24) is 19.7 Å². The molecule has 0 saturated heterocycles. The highest BCUT2D eigenvalue weighted by Gasteiger charge is 2.26. The first kappa shape index (κ1) is 22.2. The number of hydrogen-bond donors (Lipinski definition) is 2. The number of amides is 1. The molecular formula is C24H28N6OS. The van der Waals surface area contributed by atoms with Gasteiger partial charge in [-0.25, -0.2) is 4.98 Å². The number of aryl methyl sites for hydroxylation is 1. The molecule has 2 aromatic heterocycles. The summed E-state index contributed by atoms with van der Waals surface area (Å²) < 4.78 is 2.16. The molecule has 0 radical (unpaired) electrons. The molecule has 166 valence electrons. The third-order valence-corrected chi connectivity index (χ3v) is 7.10. The van der Waals surface area contributed by atoms with Crippen LogP contribution in [0, 0.1) is 25.2 Å². The van der Waals surface area contributed by atoms with E-state index in [0.717, 1.165) is 36.1 Å². The molecule has 32 heavy (non-hydrogen) atoms. The molecule has 1 amide bonds. The molecular weight excluding hydrogens is 420 g/mol. The summed E-state index contributed by atoms with van der Waals surface area (Å²) in [5.41, 5.74) is 4.79. The normalized spacial score (nSPS) is 13.9. The van der Waals surface area contributed by atoms with Crippen molar-refractivity contribution < 1.29 is 4.79 Å². The summed E-state index contributed by atoms with van der Waals surface area (Å²) in [5.74, 6) is 1.32. The Hall–Kier alpha value is -3.05. The van der Waals surface area contributed by atoms with Gasteiger partial charge in [0.2, 0.25) is 11.1 Å². The number of thioether (sulfide) groups is 1. The summed E-state index contributed by atoms with van der Waals surface area (Å²) in [4.78, 5) is 17.3. The fraction of sp³-hybridized carbons (Fsp3) is 0.417. The van der Waals surface area contributed by atoms with Crippen molar-refractivity contribution in [3.8, 4) is 17.5 Å². The number of aromatic nitrogens is 4. The number of rotatable bonds is 7. The summed E-state index contributed by atoms with van der Waals surface area (Å²) in [6.07, 6.45) is 5.51. The van der Waals surface area contributed by atoms with Crippen molar-refractivity contribution >= 4 is 23.5 Å². The third-order valence-electron chi connectivity index (χ3n) is 6.25. The first-order chi connectivity index (χ1) is 15.5. The lowest BCUT2D eigenvalue weighted by molar-refractivity contribution is -0.113. The van der Waals surface area contributed by atoms with Crippen molar-refractivity contribution in [3.05, 3.63) is 46.6 Å². The highest BCUT2D eigenvalue weighted by Crippen LogP contribution is 2.37. The van der Waals surface area contributed by atoms with Crippen LogP contribution in [-0.4, -0.2) is 31.4 Å². The zero-order chi connectivity index (χ0) is 22.7. The van der Waals surface area contributed by atoms with E-state index in [1.54, 1.807) is 0 Å². The van der Waals surface area contributed by atoms with Gasteiger partial charge in [-0.15, -0.1) is 5.10 Å². The van der Waals surface area contributed by atoms with Gasteiger partial charge in [-0.2, -0.15) is 5.26 Å². The van der Waals surface area contributed by atoms with Crippen molar-refractivity contribution in [2.75, 3.05) is 11.1 Å². The van der Waals surface area contributed by atoms with E-state index in [9.17, 15) is 10.1 Å². The molecule has 1 fully saturated rings. The van der Waals surface area contributed by atoms with E-state index in [2.05, 4.69) is 50.2 Å². The molecule has 3 aromatic rings. The third kappa shape index (κ3) is 4.44. The summed E-state index contributed by atoms with van der Waals surface area (Å²) in [7, 11) is 0. The zero-order valence-electron chi connectivity index (χ0n) is 18.7. The number of carbonyl (C=O) groups excluding carboxylic acids is 1. The Balaban J connectivity index is 1.44. The van der Waals surface area contributed by atoms with Crippen LogP contribution in [-0.2, 0) is 11.2 Å². The maximum absolute atomic E-state index is 12.8. The van der Waals surface area contributed by atoms with Crippen LogP contribution in [0.2, 0.25) is 0 Å². The Labute approximate surface area is 192 Å². The van der Waals surface area contributed by atoms with E-state index in [4.69, 9.17) is 0 Å². The number of nitrogens with zero attached hydrogens (tertiary/aromatic N) is 4. The van der Waals surface area contributed by atoms with Crippen LogP contribution in [0.5, 0.6) is 0 Å². The molecule has 1 aliphatic carbocycles. The summed E-state index contributed by atoms with van der Waals surface area (Å²) in [6.45, 7) is 6.10. The monoisotopic (exact) mass is 448 g/mol. The van der Waals surface area contributed by atoms with E-state index in [-0.39, 0.29) is 11.7 Å². The molecule has 0 spiro atoms. The molecule has 1 saturated carbocycles. The molecule has 2 heterocycles. The molecule has 2 N–H and O–H groups in total. The number of benzene rings is 1. The Morgan fingerprint density at radius 1 is 1.28 bits per heavy atom. The van der Waals surface area contributed by atoms with Gasteiger partial charge < -0.3 is 9.88 Å². The minimum Gasteiger partial charge on any atom is -0.327 e. The van der Waals surface area contributed by atoms with Crippen LogP contribution in [0.4, 0.5) is 5.82 Å². The van der Waals surface area contributed by atoms with Crippen LogP contribution < -0.4 is 5.32 Å². The number of H-pyrrole nitrogens is 1. The van der Waals surface area contributed by atoms with Crippen LogP contribution >= 0.6 is 11.8 Å². The van der Waals surface area contributed by atoms with Crippen molar-refractivity contribution in [2.45, 2.75) is 64.1 Å². The van der Waals surface area contributed by atoms with Gasteiger partial charge in [-0.1, -0.05) is 55.8 Å². The molecule has 0 aliphatic heterocycles. The lowest BCUT2D eigenvalue weighted by Crippen LogP contribution is -2.19. The number of nitriles is 1. The Morgan fingerprint density at radius 3 is 2.66 bits per heavy atom. The second-order valence-corrected chi connectivity index (χ2v) is 9.15. The minimum absolute atomic E-state index is 0.165. The fourth-order valence-corrected chi connectivity index (χ4v) is 4.94. The fourth-order valence-electron chi connectivity index (χ4n) is 4.34. The van der Waals surface area contributed by atoms with E-state index in [1.807, 2.05) is 26.0 Å². The van der Waals surface area contributed by atoms with Gasteiger partial charge in [0, 0.05) is 17.3 Å². The second kappa shape index (κ2) is 9.61. The van der Waals surface area contributed by atoms with Gasteiger partial charge in [-0.05, 0) is 44.2 Å². The number of anilines is 1. The van der Waals surface area contributed by atoms with Gasteiger partial charge >= 0.3 is 0 Å². The SMILES string of the molecule is CCc1ccc(-c2nc(SCC(=O)Nc3c(C#N)c(C)c(C)n3C3CCCC3)n[nH]2)cc1. The zero-order valence-corrected chi connectivity index (χ0v) is 19.6. The van der Waals surface area contributed by atoms with E-state index < -0.39 is 0 Å². The van der Waals surface area contributed by atoms with Crippen LogP contribution in [0.3, 0.4) is 0 Å². The molecule has 4 rings (SSSR count). The lowest BCUT2D eigenvalue weighted by Gasteiger charge is -2.19. The van der Waals surface area contributed by atoms with Crippen LogP contribution in [0.25, 0.3) is 11.4 Å². The number of carbonyl (C=O) groups is 1. The lowest BCUT2D eigenvalue weighted by atomic mass is 10.1. The average Bonchev–Trinajstić information content (AvgIpc) is 3.54. The van der Waals surface area contributed by atoms with Gasteiger partial charge in [-0.3, -0.25) is 9.89 Å². The van der Waals surface area contributed by atoms with Crippen LogP contribution in [0.1, 0.15) is 61.0 Å². The summed E-state index contributed by atoms with van der Waals surface area (Å²) in [5, 5.41) is 20.4. The van der Waals surface area contributed by atoms with Crippen LogP contribution in [0.15, 0.2) is 29.4 Å². The second-order valence-electron chi connectivity index (χ2n) is 8.21. The molecule has 0 unspecified atom stereocenters. The number of aromatic amines is 1. The number of nitrogens with one attached hydrogen (secondary N) is 2. The predicted molar refractivity (Wildman–Crippen MR) is 127 cm³/mol. The topological polar surface area (TPSA) is 99.4 Å². The first-order valence-electron chi connectivity index (χ1n) is 11.1. The van der Waals surface area contributed by atoms with Gasteiger partial charge in [0.25, 0.3) is 0 Å². The largest absolute Gasteiger partial charge is 0.327 e. The average molecular weight is 449 g/mol. The quantitative estimate of drug-likeness (QED) is 0.486. The highest BCUT2D eigenvalue weighted by molar-refractivity contribution is 7.99. The maximum Gasteiger partial charge on any atom is 0.235 e. The Morgan fingerprint density at radius 2 is 2.00 bits per heavy atom. The Bertz CT molecular complexity index is 1150.